The summed E-state index contributed by atoms with van der Waals surface area (Å²) in [6.45, 7) is 3.17. The van der Waals surface area contributed by atoms with E-state index in [9.17, 15) is 29.3 Å². The fraction of sp³-hybridized carbons (Fsp3) is 0.721. The molecule has 0 saturated carbocycles. The van der Waals surface area contributed by atoms with E-state index in [1.54, 1.807) is 0 Å². The van der Waals surface area contributed by atoms with Crippen LogP contribution in [-0.4, -0.2) is 71.7 Å². The summed E-state index contributed by atoms with van der Waals surface area (Å²) in [5.74, 6) is -0.959. The SMILES string of the molecule is CCCCCCCCCCCCCCCC(=O)OCC(COP(=O)(O)OCCN)OC(=O)CC/C=C/C/C=C/C/C=C/C/C=C/C/C=C/CC(O)C(O)CC. The zero-order valence-electron chi connectivity index (χ0n) is 34.1. The van der Waals surface area contributed by atoms with Crippen LogP contribution in [0.2, 0.25) is 0 Å². The zero-order chi connectivity index (χ0) is 40.7. The van der Waals surface area contributed by atoms with Crippen molar-refractivity contribution in [3.8, 4) is 0 Å². The molecule has 0 spiro atoms. The summed E-state index contributed by atoms with van der Waals surface area (Å²) >= 11 is 0. The van der Waals surface area contributed by atoms with Crippen molar-refractivity contribution in [2.45, 2.75) is 173 Å². The van der Waals surface area contributed by atoms with Gasteiger partial charge in [0.15, 0.2) is 6.10 Å². The largest absolute Gasteiger partial charge is 0.472 e. The summed E-state index contributed by atoms with van der Waals surface area (Å²) in [4.78, 5) is 34.8. The van der Waals surface area contributed by atoms with E-state index in [0.717, 1.165) is 44.9 Å². The molecule has 55 heavy (non-hydrogen) atoms. The van der Waals surface area contributed by atoms with E-state index in [0.29, 0.717) is 25.7 Å². The monoisotopic (exact) mass is 798 g/mol. The number of phosphoric acid groups is 1. The molecule has 4 atom stereocenters. The number of allylic oxidation sites excluding steroid dienone is 9. The van der Waals surface area contributed by atoms with Crippen LogP contribution in [0.5, 0.6) is 0 Å². The first-order valence-corrected chi connectivity index (χ1v) is 22.4. The van der Waals surface area contributed by atoms with Crippen LogP contribution >= 0.6 is 7.82 Å². The van der Waals surface area contributed by atoms with E-state index in [1.807, 2.05) is 37.3 Å². The van der Waals surface area contributed by atoms with E-state index < -0.39 is 44.7 Å². The van der Waals surface area contributed by atoms with Crippen LogP contribution in [0.15, 0.2) is 60.8 Å². The molecular formula is C43H76NO10P. The number of phosphoric ester groups is 1. The second-order valence-corrected chi connectivity index (χ2v) is 15.2. The average Bonchev–Trinajstić information content (AvgIpc) is 3.17. The zero-order valence-corrected chi connectivity index (χ0v) is 35.0. The molecule has 0 bridgehead atoms. The van der Waals surface area contributed by atoms with Crippen LogP contribution in [0, 0.1) is 0 Å². The van der Waals surface area contributed by atoms with Gasteiger partial charge in [0.2, 0.25) is 0 Å². The first-order valence-electron chi connectivity index (χ1n) is 20.9. The van der Waals surface area contributed by atoms with Gasteiger partial charge in [0.05, 0.1) is 25.4 Å². The molecular weight excluding hydrogens is 721 g/mol. The van der Waals surface area contributed by atoms with Crippen molar-refractivity contribution in [2.24, 2.45) is 5.73 Å². The topological polar surface area (TPSA) is 175 Å². The van der Waals surface area contributed by atoms with Gasteiger partial charge < -0.3 is 30.3 Å². The van der Waals surface area contributed by atoms with Gasteiger partial charge in [-0.15, -0.1) is 0 Å². The average molecular weight is 798 g/mol. The van der Waals surface area contributed by atoms with Gasteiger partial charge in [-0.3, -0.25) is 18.6 Å². The second kappa shape index (κ2) is 38.5. The number of hydrogen-bond acceptors (Lipinski definition) is 10. The van der Waals surface area contributed by atoms with Gasteiger partial charge >= 0.3 is 19.8 Å². The third-order valence-corrected chi connectivity index (χ3v) is 9.67. The predicted molar refractivity (Wildman–Crippen MR) is 222 cm³/mol. The Hall–Kier alpha value is -2.37. The van der Waals surface area contributed by atoms with E-state index in [-0.39, 0.29) is 32.6 Å². The minimum absolute atomic E-state index is 0.0301. The fourth-order valence-corrected chi connectivity index (χ4v) is 6.12. The number of carbonyl (C=O) groups is 2. The van der Waals surface area contributed by atoms with Crippen molar-refractivity contribution >= 4 is 19.8 Å². The van der Waals surface area contributed by atoms with Gasteiger partial charge in [-0.1, -0.05) is 152 Å². The minimum atomic E-state index is -4.41. The Morgan fingerprint density at radius 3 is 1.62 bits per heavy atom. The molecule has 318 valence electrons. The number of rotatable bonds is 38. The van der Waals surface area contributed by atoms with Gasteiger partial charge in [0.25, 0.3) is 0 Å². The lowest BCUT2D eigenvalue weighted by molar-refractivity contribution is -0.161. The molecule has 0 aliphatic carbocycles. The molecule has 0 aliphatic rings. The normalized spacial score (nSPS) is 15.1. The number of aliphatic hydroxyl groups is 2. The maximum absolute atomic E-state index is 12.5. The highest BCUT2D eigenvalue weighted by atomic mass is 31.2. The van der Waals surface area contributed by atoms with Crippen LogP contribution in [0.3, 0.4) is 0 Å². The van der Waals surface area contributed by atoms with Crippen molar-refractivity contribution in [1.82, 2.24) is 0 Å². The fourth-order valence-electron chi connectivity index (χ4n) is 5.36. The van der Waals surface area contributed by atoms with Crippen LogP contribution < -0.4 is 5.73 Å². The Bertz CT molecular complexity index is 1120. The molecule has 0 amide bonds. The number of aliphatic hydroxyl groups excluding tert-OH is 2. The Balaban J connectivity index is 4.34. The Morgan fingerprint density at radius 2 is 1.11 bits per heavy atom. The summed E-state index contributed by atoms with van der Waals surface area (Å²) < 4.78 is 32.6. The van der Waals surface area contributed by atoms with Gasteiger partial charge in [-0.25, -0.2) is 4.57 Å². The Kier molecular flexibility index (Phi) is 36.8. The molecule has 0 fully saturated rings. The lowest BCUT2D eigenvalue weighted by atomic mass is 10.0. The molecule has 0 aromatic heterocycles. The maximum atomic E-state index is 12.5. The number of hydrogen-bond donors (Lipinski definition) is 4. The summed E-state index contributed by atoms with van der Waals surface area (Å²) in [5, 5.41) is 19.3. The summed E-state index contributed by atoms with van der Waals surface area (Å²) in [7, 11) is -4.41. The minimum Gasteiger partial charge on any atom is -0.462 e. The van der Waals surface area contributed by atoms with Gasteiger partial charge in [-0.2, -0.15) is 0 Å². The maximum Gasteiger partial charge on any atom is 0.472 e. The van der Waals surface area contributed by atoms with Crippen LogP contribution in [0.25, 0.3) is 0 Å². The van der Waals surface area contributed by atoms with Crippen molar-refractivity contribution in [3.63, 3.8) is 0 Å². The van der Waals surface area contributed by atoms with Gasteiger partial charge in [0.1, 0.15) is 6.61 Å². The molecule has 0 aromatic carbocycles. The number of unbranched alkanes of at least 4 members (excludes halogenated alkanes) is 12. The van der Waals surface area contributed by atoms with Crippen LogP contribution in [0.4, 0.5) is 0 Å². The molecule has 0 aliphatic heterocycles. The molecule has 0 aromatic rings. The predicted octanol–water partition coefficient (Wildman–Crippen LogP) is 9.66. The van der Waals surface area contributed by atoms with Crippen molar-refractivity contribution in [3.05, 3.63) is 60.8 Å². The summed E-state index contributed by atoms with van der Waals surface area (Å²) in [6, 6.07) is 0. The van der Waals surface area contributed by atoms with Gasteiger partial charge in [-0.05, 0) is 51.4 Å². The molecule has 11 nitrogen and oxygen atoms in total. The van der Waals surface area contributed by atoms with Crippen molar-refractivity contribution < 1.29 is 47.8 Å². The highest BCUT2D eigenvalue weighted by molar-refractivity contribution is 7.47. The Labute approximate surface area is 333 Å². The van der Waals surface area contributed by atoms with Crippen LogP contribution in [0.1, 0.15) is 155 Å². The Morgan fingerprint density at radius 1 is 0.618 bits per heavy atom. The highest BCUT2D eigenvalue weighted by Crippen LogP contribution is 2.43. The number of carbonyl (C=O) groups excluding carboxylic acids is 2. The summed E-state index contributed by atoms with van der Waals surface area (Å²) in [5.41, 5.74) is 5.33. The van der Waals surface area contributed by atoms with Gasteiger partial charge in [0, 0.05) is 19.4 Å². The third kappa shape index (κ3) is 37.0. The van der Waals surface area contributed by atoms with E-state index in [4.69, 9.17) is 24.3 Å². The molecule has 0 saturated heterocycles. The first kappa shape index (κ1) is 52.6. The van der Waals surface area contributed by atoms with Crippen LogP contribution in [-0.2, 0) is 32.7 Å². The molecule has 0 radical (unpaired) electrons. The quantitative estimate of drug-likeness (QED) is 0.0203. The van der Waals surface area contributed by atoms with Crippen molar-refractivity contribution in [1.29, 1.82) is 0 Å². The molecule has 4 unspecified atom stereocenters. The lowest BCUT2D eigenvalue weighted by Crippen LogP contribution is -2.29. The molecule has 12 heteroatoms. The third-order valence-electron chi connectivity index (χ3n) is 8.69. The van der Waals surface area contributed by atoms with E-state index in [1.165, 1.54) is 57.8 Å². The smallest absolute Gasteiger partial charge is 0.462 e. The highest BCUT2D eigenvalue weighted by Gasteiger charge is 2.26. The first-order chi connectivity index (χ1) is 26.6. The standard InChI is InChI=1S/C43H76NO10P/c1-3-5-6-7-8-9-10-14-18-21-24-27-30-33-42(47)51-37-39(38-53-55(49,50)52-36-35-44)54-43(48)34-31-28-25-22-19-16-13-11-12-15-17-20-23-26-29-32-41(46)40(45)4-2/h11-12,16-17,19-20,25-26,28-29,39-41,45-46H,3-10,13-15,18,21-24,27,30-38,44H2,1-2H3,(H,49,50)/b12-11+,19-16+,20-17+,28-25+,29-26+. The molecule has 5 N–H and O–H groups in total. The summed E-state index contributed by atoms with van der Waals surface area (Å²) in [6.07, 6.45) is 38.4. The number of nitrogens with two attached hydrogens (primary N) is 1. The second-order valence-electron chi connectivity index (χ2n) is 13.8. The number of esters is 2. The lowest BCUT2D eigenvalue weighted by Gasteiger charge is -2.19. The van der Waals surface area contributed by atoms with Crippen molar-refractivity contribution in [2.75, 3.05) is 26.4 Å². The molecule has 0 rings (SSSR count). The van der Waals surface area contributed by atoms with E-state index >= 15 is 0 Å². The number of ether oxygens (including phenoxy) is 2. The van der Waals surface area contributed by atoms with E-state index in [2.05, 4.69) is 37.3 Å². The molecule has 0 heterocycles.